The number of ether oxygens (including phenoxy) is 1. The molecule has 1 aromatic carbocycles. The third-order valence-electron chi connectivity index (χ3n) is 5.74. The van der Waals surface area contributed by atoms with Crippen molar-refractivity contribution in [2.45, 2.75) is 39.8 Å². The third-order valence-corrected chi connectivity index (χ3v) is 5.74. The molecule has 154 valence electrons. The van der Waals surface area contributed by atoms with Crippen LogP contribution in [0.4, 0.5) is 0 Å². The Bertz CT molecular complexity index is 663. The number of likely N-dealkylation sites (tertiary alicyclic amines) is 1. The number of hydrogen-bond donors (Lipinski definition) is 1. The molecule has 2 heterocycles. The lowest BCUT2D eigenvalue weighted by molar-refractivity contribution is -0.138. The van der Waals surface area contributed by atoms with E-state index in [0.717, 1.165) is 45.7 Å². The van der Waals surface area contributed by atoms with Gasteiger partial charge >= 0.3 is 0 Å². The monoisotopic (exact) mass is 387 g/mol. The van der Waals surface area contributed by atoms with Crippen LogP contribution >= 0.6 is 0 Å². The van der Waals surface area contributed by atoms with Crippen LogP contribution in [0.2, 0.25) is 0 Å². The highest BCUT2D eigenvalue weighted by Gasteiger charge is 2.28. The predicted octanol–water partition coefficient (Wildman–Crippen LogP) is 2.03. The summed E-state index contributed by atoms with van der Waals surface area (Å²) in [6.45, 7) is 10.2. The van der Waals surface area contributed by atoms with Crippen molar-refractivity contribution in [3.63, 3.8) is 0 Å². The van der Waals surface area contributed by atoms with E-state index in [1.807, 2.05) is 24.8 Å². The number of rotatable bonds is 6. The molecule has 0 aliphatic carbocycles. The first-order chi connectivity index (χ1) is 13.5. The van der Waals surface area contributed by atoms with Crippen LogP contribution in [0.15, 0.2) is 24.3 Å². The second-order valence-corrected chi connectivity index (χ2v) is 8.13. The first kappa shape index (κ1) is 20.8. The van der Waals surface area contributed by atoms with Gasteiger partial charge in [-0.1, -0.05) is 38.1 Å². The maximum Gasteiger partial charge on any atom is 0.225 e. The van der Waals surface area contributed by atoms with Gasteiger partial charge in [0.2, 0.25) is 11.8 Å². The summed E-state index contributed by atoms with van der Waals surface area (Å²) in [5, 5.41) is 3.13. The molecule has 6 nitrogen and oxygen atoms in total. The summed E-state index contributed by atoms with van der Waals surface area (Å²) in [6.07, 6.45) is 1.50. The smallest absolute Gasteiger partial charge is 0.225 e. The van der Waals surface area contributed by atoms with Gasteiger partial charge in [0.25, 0.3) is 0 Å². The summed E-state index contributed by atoms with van der Waals surface area (Å²) in [7, 11) is 0. The van der Waals surface area contributed by atoms with Crippen LogP contribution in [0.1, 0.15) is 37.8 Å². The molecule has 2 aliphatic heterocycles. The maximum atomic E-state index is 12.6. The fourth-order valence-corrected chi connectivity index (χ4v) is 3.94. The van der Waals surface area contributed by atoms with Crippen molar-refractivity contribution in [3.05, 3.63) is 35.4 Å². The highest BCUT2D eigenvalue weighted by molar-refractivity contribution is 5.80. The molecular formula is C22H33N3O3. The van der Waals surface area contributed by atoms with E-state index >= 15 is 0 Å². The number of nitrogens with zero attached hydrogens (tertiary/aromatic N) is 2. The highest BCUT2D eigenvalue weighted by Crippen LogP contribution is 2.20. The lowest BCUT2D eigenvalue weighted by Crippen LogP contribution is -2.44. The minimum atomic E-state index is 0.00242. The topological polar surface area (TPSA) is 61.9 Å². The Balaban J connectivity index is 1.49. The van der Waals surface area contributed by atoms with Crippen LogP contribution < -0.4 is 5.32 Å². The molecule has 2 aliphatic rings. The van der Waals surface area contributed by atoms with Gasteiger partial charge in [-0.05, 0) is 24.0 Å². The molecule has 3 rings (SSSR count). The van der Waals surface area contributed by atoms with E-state index < -0.39 is 0 Å². The Hall–Kier alpha value is -1.92. The van der Waals surface area contributed by atoms with E-state index in [2.05, 4.69) is 28.4 Å². The first-order valence-electron chi connectivity index (χ1n) is 10.5. The van der Waals surface area contributed by atoms with E-state index in [9.17, 15) is 9.59 Å². The molecule has 0 atom stereocenters. The lowest BCUT2D eigenvalue weighted by Gasteiger charge is -2.32. The number of carbonyl (C=O) groups excluding carboxylic acids is 2. The summed E-state index contributed by atoms with van der Waals surface area (Å²) < 4.78 is 5.43. The number of nitrogens with one attached hydrogen (secondary N) is 1. The van der Waals surface area contributed by atoms with Crippen LogP contribution in [-0.4, -0.2) is 61.0 Å². The molecule has 6 heteroatoms. The predicted molar refractivity (Wildman–Crippen MR) is 109 cm³/mol. The van der Waals surface area contributed by atoms with Crippen molar-refractivity contribution < 1.29 is 14.3 Å². The quantitative estimate of drug-likeness (QED) is 0.811. The van der Waals surface area contributed by atoms with E-state index in [0.29, 0.717) is 19.6 Å². The van der Waals surface area contributed by atoms with Gasteiger partial charge in [0, 0.05) is 51.1 Å². The molecule has 1 N–H and O–H groups in total. The highest BCUT2D eigenvalue weighted by atomic mass is 16.5. The molecular weight excluding hydrogens is 354 g/mol. The Morgan fingerprint density at radius 3 is 2.36 bits per heavy atom. The van der Waals surface area contributed by atoms with E-state index in [-0.39, 0.29) is 23.7 Å². The minimum absolute atomic E-state index is 0.00242. The van der Waals surface area contributed by atoms with Crippen molar-refractivity contribution >= 4 is 11.8 Å². The van der Waals surface area contributed by atoms with Crippen LogP contribution in [-0.2, 0) is 27.4 Å². The molecule has 0 aromatic heterocycles. The van der Waals surface area contributed by atoms with Crippen molar-refractivity contribution in [2.24, 2.45) is 11.8 Å². The Labute approximate surface area is 168 Å². The molecule has 1 aromatic rings. The van der Waals surface area contributed by atoms with Gasteiger partial charge in [0.05, 0.1) is 13.2 Å². The van der Waals surface area contributed by atoms with Crippen LogP contribution in [0.25, 0.3) is 0 Å². The number of piperidine rings is 1. The SMILES string of the molecule is CC(C)C(=O)N1CCC(C(=O)NCc2ccccc2CN2CCOCC2)CC1. The van der Waals surface area contributed by atoms with Crippen molar-refractivity contribution in [1.29, 1.82) is 0 Å². The van der Waals surface area contributed by atoms with Crippen molar-refractivity contribution in [1.82, 2.24) is 15.1 Å². The van der Waals surface area contributed by atoms with Crippen LogP contribution in [0, 0.1) is 11.8 Å². The van der Waals surface area contributed by atoms with Gasteiger partial charge in [-0.15, -0.1) is 0 Å². The van der Waals surface area contributed by atoms with Gasteiger partial charge in [-0.25, -0.2) is 0 Å². The zero-order valence-electron chi connectivity index (χ0n) is 17.2. The number of benzene rings is 1. The minimum Gasteiger partial charge on any atom is -0.379 e. The summed E-state index contributed by atoms with van der Waals surface area (Å²) in [6, 6.07) is 8.33. The second-order valence-electron chi connectivity index (χ2n) is 8.13. The molecule has 2 amide bonds. The van der Waals surface area contributed by atoms with E-state index in [1.54, 1.807) is 0 Å². The molecule has 0 bridgehead atoms. The molecule has 0 spiro atoms. The Kier molecular flexibility index (Phi) is 7.45. The van der Waals surface area contributed by atoms with Crippen molar-refractivity contribution in [2.75, 3.05) is 39.4 Å². The normalized spacial score (nSPS) is 19.0. The maximum absolute atomic E-state index is 12.6. The third kappa shape index (κ3) is 5.55. The van der Waals surface area contributed by atoms with E-state index in [4.69, 9.17) is 4.74 Å². The van der Waals surface area contributed by atoms with Gasteiger partial charge in [0.1, 0.15) is 0 Å². The number of carbonyl (C=O) groups is 2. The summed E-state index contributed by atoms with van der Waals surface area (Å²) >= 11 is 0. The Morgan fingerprint density at radius 1 is 1.07 bits per heavy atom. The average Bonchev–Trinajstić information content (AvgIpc) is 2.73. The average molecular weight is 388 g/mol. The molecule has 28 heavy (non-hydrogen) atoms. The van der Waals surface area contributed by atoms with Crippen LogP contribution in [0.5, 0.6) is 0 Å². The molecule has 0 saturated carbocycles. The standard InChI is InChI=1S/C22H33N3O3/c1-17(2)22(27)25-9-7-18(8-10-25)21(26)23-15-19-5-3-4-6-20(19)16-24-11-13-28-14-12-24/h3-6,17-18H,7-16H2,1-2H3,(H,23,26). The number of amides is 2. The molecule has 2 saturated heterocycles. The molecule has 2 fully saturated rings. The number of hydrogen-bond acceptors (Lipinski definition) is 4. The zero-order valence-corrected chi connectivity index (χ0v) is 17.2. The number of morpholine rings is 1. The summed E-state index contributed by atoms with van der Waals surface area (Å²) in [4.78, 5) is 29.0. The van der Waals surface area contributed by atoms with E-state index in [1.165, 1.54) is 11.1 Å². The van der Waals surface area contributed by atoms with Gasteiger partial charge in [-0.2, -0.15) is 0 Å². The van der Waals surface area contributed by atoms with Gasteiger partial charge in [-0.3, -0.25) is 14.5 Å². The zero-order chi connectivity index (χ0) is 19.9. The fraction of sp³-hybridized carbons (Fsp3) is 0.636. The second kappa shape index (κ2) is 10.0. The van der Waals surface area contributed by atoms with Gasteiger partial charge < -0.3 is 15.0 Å². The molecule has 0 unspecified atom stereocenters. The fourth-order valence-electron chi connectivity index (χ4n) is 3.94. The van der Waals surface area contributed by atoms with Gasteiger partial charge in [0.15, 0.2) is 0 Å². The largest absolute Gasteiger partial charge is 0.379 e. The lowest BCUT2D eigenvalue weighted by atomic mass is 9.95. The summed E-state index contributed by atoms with van der Waals surface area (Å²) in [5.74, 6) is 0.324. The first-order valence-corrected chi connectivity index (χ1v) is 10.5. The van der Waals surface area contributed by atoms with Crippen LogP contribution in [0.3, 0.4) is 0 Å². The molecule has 0 radical (unpaired) electrons. The van der Waals surface area contributed by atoms with Crippen molar-refractivity contribution in [3.8, 4) is 0 Å². The Morgan fingerprint density at radius 2 is 1.71 bits per heavy atom. The summed E-state index contributed by atoms with van der Waals surface area (Å²) in [5.41, 5.74) is 2.44.